The molecular weight excluding hydrogens is 252 g/mol. The van der Waals surface area contributed by atoms with Crippen LogP contribution in [-0.4, -0.2) is 30.3 Å². The maximum atomic E-state index is 5.89. The Labute approximate surface area is 120 Å². The summed E-state index contributed by atoms with van der Waals surface area (Å²) in [6.45, 7) is 8.80. The Bertz CT molecular complexity index is 474. The van der Waals surface area contributed by atoms with Crippen LogP contribution in [0.3, 0.4) is 0 Å². The lowest BCUT2D eigenvalue weighted by Gasteiger charge is -2.27. The lowest BCUT2D eigenvalue weighted by atomic mass is 9.91. The molecule has 1 saturated carbocycles. The van der Waals surface area contributed by atoms with E-state index in [4.69, 9.17) is 9.47 Å². The van der Waals surface area contributed by atoms with Crippen molar-refractivity contribution in [3.8, 4) is 5.88 Å². The number of hydrogen-bond acceptors (Lipinski definition) is 4. The second-order valence-corrected chi connectivity index (χ2v) is 6.88. The lowest BCUT2D eigenvalue weighted by Crippen LogP contribution is -2.39. The monoisotopic (exact) mass is 276 g/mol. The zero-order valence-electron chi connectivity index (χ0n) is 12.6. The number of nitrogens with zero attached hydrogens (tertiary/aromatic N) is 1. The zero-order chi connectivity index (χ0) is 14.2. The van der Waals surface area contributed by atoms with Crippen LogP contribution in [0.2, 0.25) is 0 Å². The predicted molar refractivity (Wildman–Crippen MR) is 78.0 cm³/mol. The van der Waals surface area contributed by atoms with Crippen LogP contribution in [0.5, 0.6) is 5.88 Å². The molecule has 0 spiro atoms. The van der Waals surface area contributed by atoms with Crippen molar-refractivity contribution in [3.63, 3.8) is 0 Å². The van der Waals surface area contributed by atoms with Gasteiger partial charge in [-0.05, 0) is 24.5 Å². The molecule has 1 aliphatic carbocycles. The molecule has 0 amide bonds. The largest absolute Gasteiger partial charge is 0.469 e. The standard InChI is InChI=1S/C16H24N2O2/c1-16(2,3)14-6-11(8-17-12-4-5-12)7-15(18-14)20-13-9-19-10-13/h6-7,12-13,17H,4-5,8-10H2,1-3H3. The fraction of sp³-hybridized carbons (Fsp3) is 0.688. The van der Waals surface area contributed by atoms with Gasteiger partial charge in [0.15, 0.2) is 0 Å². The van der Waals surface area contributed by atoms with Crippen molar-refractivity contribution < 1.29 is 9.47 Å². The molecule has 20 heavy (non-hydrogen) atoms. The fourth-order valence-corrected chi connectivity index (χ4v) is 2.11. The first kappa shape index (κ1) is 13.8. The summed E-state index contributed by atoms with van der Waals surface area (Å²) in [5.74, 6) is 0.735. The predicted octanol–water partition coefficient (Wildman–Crippen LogP) is 2.41. The number of aromatic nitrogens is 1. The van der Waals surface area contributed by atoms with E-state index in [-0.39, 0.29) is 11.5 Å². The van der Waals surface area contributed by atoms with Gasteiger partial charge in [0.25, 0.3) is 0 Å². The summed E-state index contributed by atoms with van der Waals surface area (Å²) in [5.41, 5.74) is 2.37. The lowest BCUT2D eigenvalue weighted by molar-refractivity contribution is -0.0814. The van der Waals surface area contributed by atoms with Gasteiger partial charge in [0.2, 0.25) is 5.88 Å². The topological polar surface area (TPSA) is 43.4 Å². The highest BCUT2D eigenvalue weighted by Crippen LogP contribution is 2.26. The highest BCUT2D eigenvalue weighted by Gasteiger charge is 2.24. The Morgan fingerprint density at radius 1 is 1.30 bits per heavy atom. The minimum Gasteiger partial charge on any atom is -0.469 e. The normalized spacial score (nSPS) is 19.8. The van der Waals surface area contributed by atoms with Crippen LogP contribution >= 0.6 is 0 Å². The van der Waals surface area contributed by atoms with Crippen LogP contribution in [0.1, 0.15) is 44.9 Å². The molecule has 1 aromatic rings. The van der Waals surface area contributed by atoms with Crippen LogP contribution in [0.25, 0.3) is 0 Å². The van der Waals surface area contributed by atoms with Crippen molar-refractivity contribution in [2.24, 2.45) is 0 Å². The summed E-state index contributed by atoms with van der Waals surface area (Å²) in [5, 5.41) is 3.55. The molecule has 2 heterocycles. The summed E-state index contributed by atoms with van der Waals surface area (Å²) in [6, 6.07) is 4.97. The molecule has 4 heteroatoms. The molecular formula is C16H24N2O2. The van der Waals surface area contributed by atoms with Gasteiger partial charge in [-0.25, -0.2) is 4.98 Å². The third kappa shape index (κ3) is 3.49. The summed E-state index contributed by atoms with van der Waals surface area (Å²) >= 11 is 0. The Kier molecular flexibility index (Phi) is 3.69. The number of rotatable bonds is 5. The van der Waals surface area contributed by atoms with Crippen LogP contribution in [0.4, 0.5) is 0 Å². The van der Waals surface area contributed by atoms with Crippen LogP contribution in [0, 0.1) is 0 Å². The Morgan fingerprint density at radius 2 is 2.05 bits per heavy atom. The molecule has 1 saturated heterocycles. The average Bonchev–Trinajstić information content (AvgIpc) is 3.14. The first-order chi connectivity index (χ1) is 9.50. The van der Waals surface area contributed by atoms with E-state index in [1.165, 1.54) is 18.4 Å². The van der Waals surface area contributed by atoms with E-state index in [2.05, 4.69) is 43.2 Å². The van der Waals surface area contributed by atoms with Gasteiger partial charge in [-0.1, -0.05) is 20.8 Å². The summed E-state index contributed by atoms with van der Waals surface area (Å²) < 4.78 is 11.0. The van der Waals surface area contributed by atoms with Gasteiger partial charge in [0, 0.05) is 24.1 Å². The van der Waals surface area contributed by atoms with E-state index in [0.29, 0.717) is 19.3 Å². The van der Waals surface area contributed by atoms with E-state index in [1.54, 1.807) is 0 Å². The van der Waals surface area contributed by atoms with Gasteiger partial charge in [-0.2, -0.15) is 0 Å². The zero-order valence-corrected chi connectivity index (χ0v) is 12.6. The van der Waals surface area contributed by atoms with Gasteiger partial charge in [0.1, 0.15) is 6.10 Å². The first-order valence-electron chi connectivity index (χ1n) is 7.50. The molecule has 2 fully saturated rings. The van der Waals surface area contributed by atoms with E-state index < -0.39 is 0 Å². The average molecular weight is 276 g/mol. The fourth-order valence-electron chi connectivity index (χ4n) is 2.11. The minimum atomic E-state index is 0.0316. The molecule has 0 aromatic carbocycles. The molecule has 1 aliphatic heterocycles. The third-order valence-electron chi connectivity index (χ3n) is 3.70. The SMILES string of the molecule is CC(C)(C)c1cc(CNC2CC2)cc(OC2COC2)n1. The van der Waals surface area contributed by atoms with E-state index in [9.17, 15) is 0 Å². The first-order valence-corrected chi connectivity index (χ1v) is 7.50. The smallest absolute Gasteiger partial charge is 0.214 e. The van der Waals surface area contributed by atoms with Crippen molar-refractivity contribution in [2.45, 2.75) is 57.7 Å². The van der Waals surface area contributed by atoms with E-state index >= 15 is 0 Å². The van der Waals surface area contributed by atoms with Crippen LogP contribution < -0.4 is 10.1 Å². The molecule has 3 rings (SSSR count). The van der Waals surface area contributed by atoms with E-state index in [1.807, 2.05) is 0 Å². The molecule has 0 unspecified atom stereocenters. The summed E-state index contributed by atoms with van der Waals surface area (Å²) in [6.07, 6.45) is 2.78. The number of ether oxygens (including phenoxy) is 2. The van der Waals surface area contributed by atoms with Crippen molar-refractivity contribution >= 4 is 0 Å². The third-order valence-corrected chi connectivity index (χ3v) is 3.70. The van der Waals surface area contributed by atoms with E-state index in [0.717, 1.165) is 18.1 Å². The second kappa shape index (κ2) is 5.34. The summed E-state index contributed by atoms with van der Waals surface area (Å²) in [7, 11) is 0. The highest BCUT2D eigenvalue weighted by molar-refractivity contribution is 5.29. The molecule has 0 atom stereocenters. The molecule has 4 nitrogen and oxygen atoms in total. The molecule has 1 aromatic heterocycles. The van der Waals surface area contributed by atoms with Gasteiger partial charge < -0.3 is 14.8 Å². The number of hydrogen-bond donors (Lipinski definition) is 1. The molecule has 110 valence electrons. The maximum Gasteiger partial charge on any atom is 0.214 e. The summed E-state index contributed by atoms with van der Waals surface area (Å²) in [4.78, 5) is 4.66. The van der Waals surface area contributed by atoms with Gasteiger partial charge in [-0.15, -0.1) is 0 Å². The van der Waals surface area contributed by atoms with Gasteiger partial charge in [-0.3, -0.25) is 0 Å². The Balaban J connectivity index is 1.77. The molecule has 1 N–H and O–H groups in total. The molecule has 0 bridgehead atoms. The quantitative estimate of drug-likeness (QED) is 0.897. The second-order valence-electron chi connectivity index (χ2n) is 6.88. The number of pyridine rings is 1. The molecule has 2 aliphatic rings. The van der Waals surface area contributed by atoms with Crippen molar-refractivity contribution in [1.82, 2.24) is 10.3 Å². The van der Waals surface area contributed by atoms with Crippen LogP contribution in [-0.2, 0) is 16.7 Å². The molecule has 0 radical (unpaired) electrons. The maximum absolute atomic E-state index is 5.89. The Hall–Kier alpha value is -1.13. The van der Waals surface area contributed by atoms with Gasteiger partial charge in [0.05, 0.1) is 18.9 Å². The van der Waals surface area contributed by atoms with Crippen molar-refractivity contribution in [3.05, 3.63) is 23.4 Å². The van der Waals surface area contributed by atoms with Crippen molar-refractivity contribution in [1.29, 1.82) is 0 Å². The Morgan fingerprint density at radius 3 is 2.60 bits per heavy atom. The van der Waals surface area contributed by atoms with Gasteiger partial charge >= 0.3 is 0 Å². The number of nitrogens with one attached hydrogen (secondary N) is 1. The van der Waals surface area contributed by atoms with Crippen molar-refractivity contribution in [2.75, 3.05) is 13.2 Å². The van der Waals surface area contributed by atoms with Crippen LogP contribution in [0.15, 0.2) is 12.1 Å². The highest BCUT2D eigenvalue weighted by atomic mass is 16.6. The minimum absolute atomic E-state index is 0.0316.